The van der Waals surface area contributed by atoms with Crippen LogP contribution in [0.3, 0.4) is 0 Å². The van der Waals surface area contributed by atoms with E-state index < -0.39 is 5.60 Å². The summed E-state index contributed by atoms with van der Waals surface area (Å²) >= 11 is 0. The molecule has 0 saturated carbocycles. The Kier molecular flexibility index (Phi) is 4.20. The van der Waals surface area contributed by atoms with Crippen LogP contribution in [0.15, 0.2) is 24.3 Å². The summed E-state index contributed by atoms with van der Waals surface area (Å²) in [7, 11) is 0. The van der Waals surface area contributed by atoms with Crippen molar-refractivity contribution in [2.45, 2.75) is 59.0 Å². The van der Waals surface area contributed by atoms with Gasteiger partial charge in [-0.2, -0.15) is 0 Å². The topological polar surface area (TPSA) is 26.3 Å². The van der Waals surface area contributed by atoms with Crippen molar-refractivity contribution in [2.75, 3.05) is 0 Å². The maximum absolute atomic E-state index is 11.9. The minimum atomic E-state index is -0.446. The Balaban J connectivity index is 2.87. The van der Waals surface area contributed by atoms with E-state index in [1.54, 1.807) is 0 Å². The first-order valence-corrected chi connectivity index (χ1v) is 6.49. The van der Waals surface area contributed by atoms with E-state index in [1.807, 2.05) is 45.0 Å². The zero-order valence-corrected chi connectivity index (χ0v) is 12.3. The number of carbonyl (C=O) groups excluding carboxylic acids is 1. The molecule has 2 nitrogen and oxygen atoms in total. The SMILES string of the molecule is CCC(C)(C)c1ccc(C(=O)OC(C)(C)C)cc1. The Labute approximate surface area is 110 Å². The van der Waals surface area contributed by atoms with E-state index in [-0.39, 0.29) is 11.4 Å². The molecule has 2 heteroatoms. The van der Waals surface area contributed by atoms with Crippen LogP contribution in [0.25, 0.3) is 0 Å². The van der Waals surface area contributed by atoms with Gasteiger partial charge < -0.3 is 4.74 Å². The number of carbonyl (C=O) groups is 1. The van der Waals surface area contributed by atoms with Crippen LogP contribution in [0.5, 0.6) is 0 Å². The molecule has 0 bridgehead atoms. The first-order valence-electron chi connectivity index (χ1n) is 6.49. The molecule has 0 radical (unpaired) electrons. The molecule has 0 atom stereocenters. The smallest absolute Gasteiger partial charge is 0.338 e. The lowest BCUT2D eigenvalue weighted by atomic mass is 9.82. The molecule has 100 valence electrons. The highest BCUT2D eigenvalue weighted by Crippen LogP contribution is 2.26. The largest absolute Gasteiger partial charge is 0.456 e. The number of benzene rings is 1. The molecule has 0 fully saturated rings. The minimum Gasteiger partial charge on any atom is -0.456 e. The normalized spacial score (nSPS) is 12.3. The Hall–Kier alpha value is -1.31. The molecule has 0 heterocycles. The fraction of sp³-hybridized carbons (Fsp3) is 0.562. The molecule has 0 aliphatic carbocycles. The maximum atomic E-state index is 11.9. The highest BCUT2D eigenvalue weighted by atomic mass is 16.6. The minimum absolute atomic E-state index is 0.145. The van der Waals surface area contributed by atoms with E-state index in [0.717, 1.165) is 6.42 Å². The van der Waals surface area contributed by atoms with Crippen molar-refractivity contribution < 1.29 is 9.53 Å². The van der Waals surface area contributed by atoms with Crippen LogP contribution in [0.1, 0.15) is 63.9 Å². The van der Waals surface area contributed by atoms with Gasteiger partial charge in [0.15, 0.2) is 0 Å². The van der Waals surface area contributed by atoms with Crippen molar-refractivity contribution in [2.24, 2.45) is 0 Å². The average molecular weight is 248 g/mol. The third kappa shape index (κ3) is 3.86. The fourth-order valence-electron chi connectivity index (χ4n) is 1.60. The molecular weight excluding hydrogens is 224 g/mol. The molecule has 1 aromatic carbocycles. The van der Waals surface area contributed by atoms with Crippen LogP contribution in [-0.4, -0.2) is 11.6 Å². The van der Waals surface area contributed by atoms with Gasteiger partial charge in [0.25, 0.3) is 0 Å². The van der Waals surface area contributed by atoms with Crippen LogP contribution < -0.4 is 0 Å². The number of hydrogen-bond donors (Lipinski definition) is 0. The van der Waals surface area contributed by atoms with Crippen LogP contribution in [-0.2, 0) is 10.2 Å². The molecule has 0 amide bonds. The van der Waals surface area contributed by atoms with E-state index in [4.69, 9.17) is 4.74 Å². The zero-order chi connectivity index (χ0) is 14.0. The van der Waals surface area contributed by atoms with E-state index in [2.05, 4.69) is 20.8 Å². The van der Waals surface area contributed by atoms with Gasteiger partial charge in [-0.15, -0.1) is 0 Å². The number of rotatable bonds is 3. The van der Waals surface area contributed by atoms with Gasteiger partial charge in [0, 0.05) is 0 Å². The summed E-state index contributed by atoms with van der Waals surface area (Å²) in [5.74, 6) is -0.261. The first-order chi connectivity index (χ1) is 8.15. The van der Waals surface area contributed by atoms with Crippen LogP contribution >= 0.6 is 0 Å². The van der Waals surface area contributed by atoms with Crippen molar-refractivity contribution in [1.82, 2.24) is 0 Å². The number of hydrogen-bond acceptors (Lipinski definition) is 2. The van der Waals surface area contributed by atoms with Crippen LogP contribution in [0.4, 0.5) is 0 Å². The van der Waals surface area contributed by atoms with Crippen molar-refractivity contribution in [3.8, 4) is 0 Å². The molecule has 0 spiro atoms. The lowest BCUT2D eigenvalue weighted by Gasteiger charge is -2.24. The number of ether oxygens (including phenoxy) is 1. The quantitative estimate of drug-likeness (QED) is 0.744. The highest BCUT2D eigenvalue weighted by Gasteiger charge is 2.20. The Morgan fingerprint density at radius 2 is 1.56 bits per heavy atom. The average Bonchev–Trinajstić information content (AvgIpc) is 2.27. The molecule has 0 saturated heterocycles. The van der Waals surface area contributed by atoms with Gasteiger partial charge in [0.1, 0.15) is 5.60 Å². The predicted molar refractivity (Wildman–Crippen MR) is 74.9 cm³/mol. The fourth-order valence-corrected chi connectivity index (χ4v) is 1.60. The molecule has 18 heavy (non-hydrogen) atoms. The Morgan fingerprint density at radius 1 is 1.06 bits per heavy atom. The van der Waals surface area contributed by atoms with Crippen molar-refractivity contribution in [3.63, 3.8) is 0 Å². The third-order valence-electron chi connectivity index (χ3n) is 3.18. The summed E-state index contributed by atoms with van der Waals surface area (Å²) in [6.07, 6.45) is 1.07. The lowest BCUT2D eigenvalue weighted by Crippen LogP contribution is -2.24. The summed E-state index contributed by atoms with van der Waals surface area (Å²) in [5.41, 5.74) is 1.56. The van der Waals surface area contributed by atoms with Crippen LogP contribution in [0.2, 0.25) is 0 Å². The zero-order valence-electron chi connectivity index (χ0n) is 12.3. The number of esters is 1. The predicted octanol–water partition coefficient (Wildman–Crippen LogP) is 4.33. The second-order valence-electron chi connectivity index (χ2n) is 6.32. The van der Waals surface area contributed by atoms with Gasteiger partial charge in [-0.1, -0.05) is 32.9 Å². The van der Waals surface area contributed by atoms with E-state index >= 15 is 0 Å². The molecule has 0 aromatic heterocycles. The van der Waals surface area contributed by atoms with Crippen molar-refractivity contribution in [3.05, 3.63) is 35.4 Å². The summed E-state index contributed by atoms with van der Waals surface area (Å²) in [6.45, 7) is 12.2. The van der Waals surface area contributed by atoms with Crippen LogP contribution in [0, 0.1) is 0 Å². The van der Waals surface area contributed by atoms with Gasteiger partial charge in [0.05, 0.1) is 5.56 Å². The van der Waals surface area contributed by atoms with Gasteiger partial charge >= 0.3 is 5.97 Å². The molecule has 1 aromatic rings. The molecule has 0 aliphatic rings. The molecule has 0 aliphatic heterocycles. The molecule has 0 N–H and O–H groups in total. The van der Waals surface area contributed by atoms with E-state index in [0.29, 0.717) is 5.56 Å². The summed E-state index contributed by atoms with van der Waals surface area (Å²) in [5, 5.41) is 0. The molecule has 0 unspecified atom stereocenters. The monoisotopic (exact) mass is 248 g/mol. The standard InChI is InChI=1S/C16H24O2/c1-7-16(5,6)13-10-8-12(9-11-13)14(17)18-15(2,3)4/h8-11H,7H2,1-6H3. The summed E-state index contributed by atoms with van der Waals surface area (Å²) in [6, 6.07) is 7.73. The van der Waals surface area contributed by atoms with Crippen molar-refractivity contribution in [1.29, 1.82) is 0 Å². The van der Waals surface area contributed by atoms with E-state index in [9.17, 15) is 4.79 Å². The summed E-state index contributed by atoms with van der Waals surface area (Å²) < 4.78 is 5.34. The van der Waals surface area contributed by atoms with Gasteiger partial charge in [-0.3, -0.25) is 0 Å². The third-order valence-corrected chi connectivity index (χ3v) is 3.18. The van der Waals surface area contributed by atoms with Gasteiger partial charge in [-0.25, -0.2) is 4.79 Å². The Bertz CT molecular complexity index is 408. The second kappa shape index (κ2) is 5.13. The molecular formula is C16H24O2. The first kappa shape index (κ1) is 14.7. The summed E-state index contributed by atoms with van der Waals surface area (Å²) in [4.78, 5) is 11.9. The van der Waals surface area contributed by atoms with E-state index in [1.165, 1.54) is 5.56 Å². The second-order valence-corrected chi connectivity index (χ2v) is 6.32. The van der Waals surface area contributed by atoms with Gasteiger partial charge in [-0.05, 0) is 50.3 Å². The van der Waals surface area contributed by atoms with Gasteiger partial charge in [0.2, 0.25) is 0 Å². The van der Waals surface area contributed by atoms with Crippen molar-refractivity contribution >= 4 is 5.97 Å². The Morgan fingerprint density at radius 3 is 1.94 bits per heavy atom. The molecule has 1 rings (SSSR count). The lowest BCUT2D eigenvalue weighted by molar-refractivity contribution is 0.00695. The maximum Gasteiger partial charge on any atom is 0.338 e. The highest BCUT2D eigenvalue weighted by molar-refractivity contribution is 5.89.